The fourth-order valence-corrected chi connectivity index (χ4v) is 6.19. The molecule has 0 aliphatic carbocycles. The number of carbonyl (C=O) groups excluding carboxylic acids is 1. The zero-order valence-electron chi connectivity index (χ0n) is 17.8. The van der Waals surface area contributed by atoms with Gasteiger partial charge in [-0.2, -0.15) is 4.31 Å². The normalized spacial score (nSPS) is 15.7. The average molecular weight is 426 g/mol. The van der Waals surface area contributed by atoms with Crippen molar-refractivity contribution in [3.8, 4) is 0 Å². The quantitative estimate of drug-likeness (QED) is 0.697. The van der Waals surface area contributed by atoms with E-state index in [0.29, 0.717) is 36.8 Å². The highest BCUT2D eigenvalue weighted by atomic mass is 32.2. The molecule has 0 unspecified atom stereocenters. The number of nitrogens with one attached hydrogen (secondary N) is 1. The van der Waals surface area contributed by atoms with Gasteiger partial charge in [0.1, 0.15) is 5.69 Å². The van der Waals surface area contributed by atoms with Gasteiger partial charge in [0.15, 0.2) is 0 Å². The molecule has 1 aliphatic rings. The van der Waals surface area contributed by atoms with Crippen molar-refractivity contribution in [1.82, 2.24) is 14.2 Å². The first-order chi connectivity index (χ1) is 14.2. The molecule has 3 aromatic rings. The number of fused-ring (bicyclic) bond motifs is 1. The molecule has 158 valence electrons. The zero-order chi connectivity index (χ0) is 21.6. The summed E-state index contributed by atoms with van der Waals surface area (Å²) < 4.78 is 28.3. The van der Waals surface area contributed by atoms with Crippen LogP contribution in [-0.2, 0) is 10.0 Å². The maximum absolute atomic E-state index is 13.4. The molecule has 1 N–H and O–H groups in total. The van der Waals surface area contributed by atoms with Crippen LogP contribution in [0.3, 0.4) is 0 Å². The number of hydrogen-bond acceptors (Lipinski definition) is 3. The number of sulfonamides is 1. The Labute approximate surface area is 177 Å². The van der Waals surface area contributed by atoms with Gasteiger partial charge in [-0.25, -0.2) is 8.42 Å². The molecule has 0 atom stereocenters. The Morgan fingerprint density at radius 3 is 2.10 bits per heavy atom. The molecule has 2 aromatic carbocycles. The van der Waals surface area contributed by atoms with Crippen molar-refractivity contribution >= 4 is 26.8 Å². The van der Waals surface area contributed by atoms with E-state index in [1.54, 1.807) is 4.90 Å². The second kappa shape index (κ2) is 7.56. The number of H-pyrrole nitrogens is 1. The number of aryl methyl sites for hydroxylation is 2. The van der Waals surface area contributed by atoms with Crippen LogP contribution < -0.4 is 0 Å². The molecule has 7 heteroatoms. The van der Waals surface area contributed by atoms with E-state index in [4.69, 9.17) is 0 Å². The molecule has 1 aliphatic heterocycles. The lowest BCUT2D eigenvalue weighted by Crippen LogP contribution is -2.50. The first-order valence-corrected chi connectivity index (χ1v) is 11.6. The van der Waals surface area contributed by atoms with Crippen LogP contribution in [0.4, 0.5) is 0 Å². The third kappa shape index (κ3) is 3.42. The summed E-state index contributed by atoms with van der Waals surface area (Å²) in [5.41, 5.74) is 5.01. The van der Waals surface area contributed by atoms with Crippen molar-refractivity contribution in [2.75, 3.05) is 26.2 Å². The summed E-state index contributed by atoms with van der Waals surface area (Å²) in [6.45, 7) is 8.94. The Balaban J connectivity index is 1.54. The Morgan fingerprint density at radius 2 is 1.50 bits per heavy atom. The van der Waals surface area contributed by atoms with E-state index in [0.717, 1.165) is 33.2 Å². The summed E-state index contributed by atoms with van der Waals surface area (Å²) in [6.07, 6.45) is 0. The standard InChI is InChI=1S/C23H27N3O3S/c1-15-13-16(2)18(4)22(17(15)3)30(28,29)26-11-9-25(10-12-26)23(27)21-14-19-7-5-6-8-20(19)24-21/h5-8,13-14,24H,9-12H2,1-4H3. The van der Waals surface area contributed by atoms with E-state index in [1.165, 1.54) is 4.31 Å². The molecule has 1 fully saturated rings. The van der Waals surface area contributed by atoms with Crippen molar-refractivity contribution in [3.05, 3.63) is 64.3 Å². The van der Waals surface area contributed by atoms with Crippen LogP contribution in [0.1, 0.15) is 32.7 Å². The lowest BCUT2D eigenvalue weighted by molar-refractivity contribution is 0.0693. The van der Waals surface area contributed by atoms with Crippen LogP contribution >= 0.6 is 0 Å². The second-order valence-electron chi connectivity index (χ2n) is 8.06. The Hall–Kier alpha value is -2.64. The number of piperazine rings is 1. The molecule has 1 aromatic heterocycles. The van der Waals surface area contributed by atoms with E-state index in [2.05, 4.69) is 4.98 Å². The summed E-state index contributed by atoms with van der Waals surface area (Å²) >= 11 is 0. The van der Waals surface area contributed by atoms with Crippen LogP contribution in [0.15, 0.2) is 41.3 Å². The molecule has 0 bridgehead atoms. The molecule has 0 radical (unpaired) electrons. The predicted molar refractivity (Wildman–Crippen MR) is 118 cm³/mol. The number of aromatic amines is 1. The van der Waals surface area contributed by atoms with Gasteiger partial charge in [0.05, 0.1) is 4.90 Å². The molecule has 0 spiro atoms. The summed E-state index contributed by atoms with van der Waals surface area (Å²) in [4.78, 5) is 18.2. The van der Waals surface area contributed by atoms with Gasteiger partial charge in [-0.15, -0.1) is 0 Å². The number of aromatic nitrogens is 1. The molecule has 0 saturated carbocycles. The lowest BCUT2D eigenvalue weighted by Gasteiger charge is -2.34. The fraction of sp³-hybridized carbons (Fsp3) is 0.348. The highest BCUT2D eigenvalue weighted by molar-refractivity contribution is 7.89. The number of amides is 1. The summed E-state index contributed by atoms with van der Waals surface area (Å²) in [5, 5.41) is 0.989. The number of para-hydroxylation sites is 1. The van der Waals surface area contributed by atoms with E-state index >= 15 is 0 Å². The highest BCUT2D eigenvalue weighted by Crippen LogP contribution is 2.29. The van der Waals surface area contributed by atoms with Crippen LogP contribution in [0.2, 0.25) is 0 Å². The van der Waals surface area contributed by atoms with Crippen molar-refractivity contribution in [3.63, 3.8) is 0 Å². The minimum absolute atomic E-state index is 0.0954. The van der Waals surface area contributed by atoms with E-state index in [1.807, 2.05) is 64.1 Å². The third-order valence-corrected chi connectivity index (χ3v) is 8.35. The number of rotatable bonds is 3. The van der Waals surface area contributed by atoms with Gasteiger partial charge in [-0.05, 0) is 62.1 Å². The van der Waals surface area contributed by atoms with Crippen LogP contribution in [0, 0.1) is 27.7 Å². The molecule has 1 amide bonds. The van der Waals surface area contributed by atoms with Crippen molar-refractivity contribution in [2.24, 2.45) is 0 Å². The lowest BCUT2D eigenvalue weighted by atomic mass is 10.0. The Bertz CT molecular complexity index is 1180. The van der Waals surface area contributed by atoms with Gasteiger partial charge in [0.2, 0.25) is 10.0 Å². The van der Waals surface area contributed by atoms with Crippen molar-refractivity contribution in [2.45, 2.75) is 32.6 Å². The SMILES string of the molecule is Cc1cc(C)c(C)c(S(=O)(=O)N2CCN(C(=O)c3cc4ccccc4[nH]3)CC2)c1C. The minimum Gasteiger partial charge on any atom is -0.351 e. The monoisotopic (exact) mass is 425 g/mol. The average Bonchev–Trinajstić information content (AvgIpc) is 3.16. The van der Waals surface area contributed by atoms with Crippen molar-refractivity contribution in [1.29, 1.82) is 0 Å². The number of carbonyl (C=O) groups is 1. The molecule has 6 nitrogen and oxygen atoms in total. The number of nitrogens with zero attached hydrogens (tertiary/aromatic N) is 2. The van der Waals surface area contributed by atoms with Crippen LogP contribution in [-0.4, -0.2) is 54.7 Å². The Kier molecular flexibility index (Phi) is 5.20. The second-order valence-corrected chi connectivity index (χ2v) is 9.93. The topological polar surface area (TPSA) is 73.5 Å². The van der Waals surface area contributed by atoms with Crippen LogP contribution in [0.5, 0.6) is 0 Å². The maximum atomic E-state index is 13.4. The molecular formula is C23H27N3O3S. The molecule has 30 heavy (non-hydrogen) atoms. The van der Waals surface area contributed by atoms with Gasteiger partial charge in [-0.3, -0.25) is 4.79 Å². The van der Waals surface area contributed by atoms with Crippen LogP contribution in [0.25, 0.3) is 10.9 Å². The number of hydrogen-bond donors (Lipinski definition) is 1. The minimum atomic E-state index is -3.62. The zero-order valence-corrected chi connectivity index (χ0v) is 18.6. The smallest absolute Gasteiger partial charge is 0.270 e. The van der Waals surface area contributed by atoms with Gasteiger partial charge in [0.25, 0.3) is 5.91 Å². The molecular weight excluding hydrogens is 398 g/mol. The molecule has 2 heterocycles. The van der Waals surface area contributed by atoms with E-state index < -0.39 is 10.0 Å². The summed E-state index contributed by atoms with van der Waals surface area (Å²) in [6, 6.07) is 11.6. The van der Waals surface area contributed by atoms with Gasteiger partial charge < -0.3 is 9.88 Å². The van der Waals surface area contributed by atoms with E-state index in [-0.39, 0.29) is 5.91 Å². The van der Waals surface area contributed by atoms with Crippen molar-refractivity contribution < 1.29 is 13.2 Å². The van der Waals surface area contributed by atoms with Gasteiger partial charge in [0, 0.05) is 37.1 Å². The Morgan fingerprint density at radius 1 is 0.900 bits per heavy atom. The molecule has 4 rings (SSSR count). The fourth-order valence-electron chi connectivity index (χ4n) is 4.19. The third-order valence-electron chi connectivity index (χ3n) is 6.18. The maximum Gasteiger partial charge on any atom is 0.270 e. The highest BCUT2D eigenvalue weighted by Gasteiger charge is 2.33. The first-order valence-electron chi connectivity index (χ1n) is 10.1. The van der Waals surface area contributed by atoms with E-state index in [9.17, 15) is 13.2 Å². The number of benzene rings is 2. The first kappa shape index (κ1) is 20.6. The summed E-state index contributed by atoms with van der Waals surface area (Å²) in [5.74, 6) is -0.0954. The van der Waals surface area contributed by atoms with Gasteiger partial charge in [-0.1, -0.05) is 24.3 Å². The largest absolute Gasteiger partial charge is 0.351 e. The predicted octanol–water partition coefficient (Wildman–Crippen LogP) is 3.55. The van der Waals surface area contributed by atoms with Gasteiger partial charge >= 0.3 is 0 Å². The summed E-state index contributed by atoms with van der Waals surface area (Å²) in [7, 11) is -3.62. The molecule has 1 saturated heterocycles.